The van der Waals surface area contributed by atoms with E-state index in [1.165, 1.54) is 12.1 Å². The quantitative estimate of drug-likeness (QED) is 0.666. The van der Waals surface area contributed by atoms with Gasteiger partial charge in [-0.3, -0.25) is 0 Å². The van der Waals surface area contributed by atoms with Crippen LogP contribution in [0.5, 0.6) is 0 Å². The number of tetrazole rings is 1. The maximum absolute atomic E-state index is 11.9. The molecule has 21 heavy (non-hydrogen) atoms. The summed E-state index contributed by atoms with van der Waals surface area (Å²) in [5, 5.41) is 27.4. The molecule has 0 bridgehead atoms. The molecule has 2 aromatic rings. The number of anilines is 1. The summed E-state index contributed by atoms with van der Waals surface area (Å²) in [7, 11) is 0. The van der Waals surface area contributed by atoms with Gasteiger partial charge in [-0.15, -0.1) is 10.2 Å². The third-order valence-corrected chi connectivity index (χ3v) is 2.83. The van der Waals surface area contributed by atoms with Crippen molar-refractivity contribution in [3.05, 3.63) is 35.2 Å². The van der Waals surface area contributed by atoms with Crippen LogP contribution >= 0.6 is 0 Å². The third kappa shape index (κ3) is 3.53. The summed E-state index contributed by atoms with van der Waals surface area (Å²) in [6, 6.07) is 3.57. The van der Waals surface area contributed by atoms with Crippen LogP contribution in [-0.2, 0) is 0 Å². The van der Waals surface area contributed by atoms with Gasteiger partial charge < -0.3 is 15.7 Å². The minimum Gasteiger partial charge on any atom is -0.478 e. The van der Waals surface area contributed by atoms with Crippen LogP contribution in [0.3, 0.4) is 0 Å². The van der Waals surface area contributed by atoms with E-state index in [0.29, 0.717) is 11.5 Å². The Morgan fingerprint density at radius 3 is 2.76 bits per heavy atom. The molecule has 0 spiro atoms. The number of nitrogens with zero attached hydrogens (tertiary/aromatic N) is 3. The molecule has 0 saturated heterocycles. The lowest BCUT2D eigenvalue weighted by molar-refractivity contribution is 0.0697. The molecular weight excluding hydrogens is 276 g/mol. The molecule has 110 valence electrons. The van der Waals surface area contributed by atoms with Crippen LogP contribution in [0, 0.1) is 6.92 Å². The molecule has 0 fully saturated rings. The highest BCUT2D eigenvalue weighted by atomic mass is 16.4. The summed E-state index contributed by atoms with van der Waals surface area (Å²) in [6.07, 6.45) is 0. The number of hydrogen-bond acceptors (Lipinski definition) is 5. The minimum absolute atomic E-state index is 0.0992. The van der Waals surface area contributed by atoms with Gasteiger partial charge in [-0.25, -0.2) is 9.59 Å². The number of aromatic amines is 1. The van der Waals surface area contributed by atoms with E-state index in [-0.39, 0.29) is 5.56 Å². The Labute approximate surface area is 119 Å². The number of urea groups is 1. The summed E-state index contributed by atoms with van der Waals surface area (Å²) in [5.41, 5.74) is 1.28. The van der Waals surface area contributed by atoms with Crippen LogP contribution < -0.4 is 10.6 Å². The highest BCUT2D eigenvalue weighted by Crippen LogP contribution is 2.17. The van der Waals surface area contributed by atoms with Gasteiger partial charge in [0.15, 0.2) is 5.82 Å². The van der Waals surface area contributed by atoms with Gasteiger partial charge in [0.25, 0.3) is 0 Å². The number of aromatic nitrogens is 4. The molecular formula is C12H14N6O3. The molecule has 9 nitrogen and oxygen atoms in total. The van der Waals surface area contributed by atoms with Crippen molar-refractivity contribution in [3.63, 3.8) is 0 Å². The fourth-order valence-corrected chi connectivity index (χ4v) is 1.66. The average molecular weight is 290 g/mol. The number of rotatable bonds is 4. The summed E-state index contributed by atoms with van der Waals surface area (Å²) >= 11 is 0. The predicted octanol–water partition coefficient (Wildman–Crippen LogP) is 1.09. The molecule has 0 aliphatic rings. The second-order valence-corrected chi connectivity index (χ2v) is 4.43. The monoisotopic (exact) mass is 290 g/mol. The fourth-order valence-electron chi connectivity index (χ4n) is 1.66. The van der Waals surface area contributed by atoms with Crippen LogP contribution in [0.4, 0.5) is 10.5 Å². The molecule has 0 aliphatic heterocycles. The van der Waals surface area contributed by atoms with Crippen LogP contribution in [0.15, 0.2) is 18.2 Å². The molecule has 2 amide bonds. The minimum atomic E-state index is -1.06. The zero-order chi connectivity index (χ0) is 15.4. The Balaban J connectivity index is 2.05. The number of benzene rings is 1. The van der Waals surface area contributed by atoms with Crippen molar-refractivity contribution in [2.24, 2.45) is 0 Å². The number of aryl methyl sites for hydroxylation is 1. The molecule has 0 aliphatic carbocycles. The van der Waals surface area contributed by atoms with Crippen molar-refractivity contribution in [2.45, 2.75) is 19.9 Å². The zero-order valence-electron chi connectivity index (χ0n) is 11.4. The molecule has 2 rings (SSSR count). The topological polar surface area (TPSA) is 133 Å². The van der Waals surface area contributed by atoms with Crippen LogP contribution in [0.1, 0.15) is 34.7 Å². The number of hydrogen-bond donors (Lipinski definition) is 4. The van der Waals surface area contributed by atoms with Gasteiger partial charge in [-0.1, -0.05) is 11.3 Å². The van der Waals surface area contributed by atoms with Crippen LogP contribution in [0.2, 0.25) is 0 Å². The molecule has 9 heteroatoms. The highest BCUT2D eigenvalue weighted by molar-refractivity contribution is 5.94. The Hall–Kier alpha value is -2.97. The lowest BCUT2D eigenvalue weighted by Crippen LogP contribution is -2.32. The first kappa shape index (κ1) is 14.4. The first-order valence-corrected chi connectivity index (χ1v) is 6.12. The standard InChI is InChI=1S/C12H14N6O3/c1-6-3-4-8(11(19)20)5-9(6)14-12(21)13-7(2)10-15-17-18-16-10/h3-5,7H,1-2H3,(H,19,20)(H2,13,14,21)(H,15,16,17,18). The number of H-pyrrole nitrogens is 1. The third-order valence-electron chi connectivity index (χ3n) is 2.83. The fraction of sp³-hybridized carbons (Fsp3) is 0.250. The predicted molar refractivity (Wildman–Crippen MR) is 72.9 cm³/mol. The van der Waals surface area contributed by atoms with E-state index in [2.05, 4.69) is 31.3 Å². The SMILES string of the molecule is Cc1ccc(C(=O)O)cc1NC(=O)NC(C)c1nn[nH]n1. The second kappa shape index (κ2) is 5.99. The van der Waals surface area contributed by atoms with Gasteiger partial charge >= 0.3 is 12.0 Å². The van der Waals surface area contributed by atoms with E-state index in [1.54, 1.807) is 19.9 Å². The van der Waals surface area contributed by atoms with Gasteiger partial charge in [-0.2, -0.15) is 5.21 Å². The van der Waals surface area contributed by atoms with Gasteiger partial charge in [0.05, 0.1) is 11.6 Å². The number of amides is 2. The van der Waals surface area contributed by atoms with E-state index < -0.39 is 18.0 Å². The molecule has 1 unspecified atom stereocenters. The number of carboxylic acid groups (broad SMARTS) is 1. The van der Waals surface area contributed by atoms with E-state index in [0.717, 1.165) is 5.56 Å². The van der Waals surface area contributed by atoms with Crippen molar-refractivity contribution < 1.29 is 14.7 Å². The molecule has 1 heterocycles. The number of nitrogens with one attached hydrogen (secondary N) is 3. The maximum Gasteiger partial charge on any atom is 0.335 e. The number of carbonyl (C=O) groups is 2. The van der Waals surface area contributed by atoms with E-state index in [1.807, 2.05) is 0 Å². The summed E-state index contributed by atoms with van der Waals surface area (Å²) in [4.78, 5) is 22.8. The average Bonchev–Trinajstić information content (AvgIpc) is 2.95. The van der Waals surface area contributed by atoms with E-state index in [9.17, 15) is 9.59 Å². The van der Waals surface area contributed by atoms with Crippen LogP contribution in [0.25, 0.3) is 0 Å². The second-order valence-electron chi connectivity index (χ2n) is 4.43. The van der Waals surface area contributed by atoms with Crippen molar-refractivity contribution in [2.75, 3.05) is 5.32 Å². The summed E-state index contributed by atoms with van der Waals surface area (Å²) < 4.78 is 0. The van der Waals surface area contributed by atoms with Crippen molar-refractivity contribution in [3.8, 4) is 0 Å². The van der Waals surface area contributed by atoms with E-state index >= 15 is 0 Å². The van der Waals surface area contributed by atoms with Gasteiger partial charge in [0.2, 0.25) is 0 Å². The van der Waals surface area contributed by atoms with Crippen molar-refractivity contribution >= 4 is 17.7 Å². The molecule has 0 radical (unpaired) electrons. The summed E-state index contributed by atoms with van der Waals surface area (Å²) in [5.74, 6) is -0.709. The van der Waals surface area contributed by atoms with Crippen molar-refractivity contribution in [1.82, 2.24) is 25.9 Å². The first-order valence-electron chi connectivity index (χ1n) is 6.12. The molecule has 1 aromatic carbocycles. The lowest BCUT2D eigenvalue weighted by atomic mass is 10.1. The molecule has 1 aromatic heterocycles. The number of carbonyl (C=O) groups excluding carboxylic acids is 1. The highest BCUT2D eigenvalue weighted by Gasteiger charge is 2.14. The van der Waals surface area contributed by atoms with Gasteiger partial charge in [0.1, 0.15) is 0 Å². The van der Waals surface area contributed by atoms with Gasteiger partial charge in [-0.05, 0) is 31.5 Å². The van der Waals surface area contributed by atoms with Crippen LogP contribution in [-0.4, -0.2) is 37.7 Å². The van der Waals surface area contributed by atoms with Crippen molar-refractivity contribution in [1.29, 1.82) is 0 Å². The largest absolute Gasteiger partial charge is 0.478 e. The lowest BCUT2D eigenvalue weighted by Gasteiger charge is -2.13. The first-order chi connectivity index (χ1) is 9.97. The zero-order valence-corrected chi connectivity index (χ0v) is 11.4. The number of carboxylic acids is 1. The smallest absolute Gasteiger partial charge is 0.335 e. The van der Waals surface area contributed by atoms with E-state index in [4.69, 9.17) is 5.11 Å². The molecule has 0 saturated carbocycles. The summed E-state index contributed by atoms with van der Waals surface area (Å²) in [6.45, 7) is 3.47. The number of aromatic carboxylic acids is 1. The Morgan fingerprint density at radius 2 is 2.14 bits per heavy atom. The normalized spacial score (nSPS) is 11.7. The molecule has 4 N–H and O–H groups in total. The van der Waals surface area contributed by atoms with Gasteiger partial charge in [0, 0.05) is 5.69 Å². The Kier molecular flexibility index (Phi) is 4.12. The Bertz CT molecular complexity index is 655. The Morgan fingerprint density at radius 1 is 1.38 bits per heavy atom. The maximum atomic E-state index is 11.9. The molecule has 1 atom stereocenters.